The minimum atomic E-state index is -5.68. The Morgan fingerprint density at radius 2 is 1.11 bits per heavy atom. The highest BCUT2D eigenvalue weighted by Gasteiger charge is 2.45. The summed E-state index contributed by atoms with van der Waals surface area (Å²) in [7, 11) is -5.68. The Bertz CT molecular complexity index is 1910. The van der Waals surface area contributed by atoms with Crippen LogP contribution in [-0.4, -0.2) is 30.8 Å². The van der Waals surface area contributed by atoms with E-state index in [9.17, 15) is 22.0 Å². The molecular weight excluding hydrogens is 615 g/mol. The standard InChI is InChI=1S/C19H16S.C17H12F2O5S/c1-4-10-16(11-5-1)19(17-12-6-2-7-13-17)20-18-14-8-3-9-15-18;18-17(19,25(21,22)23)10-24-16(20)15-13-7-3-1-5-11(13)9-12-6-2-4-8-14(12)15/h1-15,19H;1-9H,10H2,(H,21,22,23)/p+1. The minimum Gasteiger partial charge on any atom is -0.454 e. The predicted molar refractivity (Wildman–Crippen MR) is 176 cm³/mol. The molecule has 0 aromatic heterocycles. The smallest absolute Gasteiger partial charge is 0.402 e. The Kier molecular flexibility index (Phi) is 9.93. The van der Waals surface area contributed by atoms with Crippen molar-refractivity contribution in [1.82, 2.24) is 0 Å². The summed E-state index contributed by atoms with van der Waals surface area (Å²) in [6.07, 6.45) is 0. The molecule has 0 saturated heterocycles. The number of rotatable bonds is 8. The fourth-order valence-corrected chi connectivity index (χ4v) is 6.30. The second-order valence-corrected chi connectivity index (χ2v) is 12.9. The van der Waals surface area contributed by atoms with E-state index in [4.69, 9.17) is 4.55 Å². The molecule has 1 N–H and O–H groups in total. The summed E-state index contributed by atoms with van der Waals surface area (Å²) in [5.74, 6) is -1.10. The van der Waals surface area contributed by atoms with E-state index in [1.54, 1.807) is 48.5 Å². The summed E-state index contributed by atoms with van der Waals surface area (Å²) in [6, 6.07) is 47.7. The summed E-state index contributed by atoms with van der Waals surface area (Å²) in [5, 5.41) is -1.81. The van der Waals surface area contributed by atoms with Crippen molar-refractivity contribution in [2.24, 2.45) is 0 Å². The summed E-state index contributed by atoms with van der Waals surface area (Å²) < 4.78 is 60.9. The predicted octanol–water partition coefficient (Wildman–Crippen LogP) is 8.28. The van der Waals surface area contributed by atoms with Crippen LogP contribution < -0.4 is 0 Å². The van der Waals surface area contributed by atoms with Gasteiger partial charge < -0.3 is 4.74 Å². The van der Waals surface area contributed by atoms with Crippen LogP contribution in [-0.2, 0) is 26.6 Å². The van der Waals surface area contributed by atoms with Crippen LogP contribution in [0.25, 0.3) is 21.5 Å². The van der Waals surface area contributed by atoms with Crippen LogP contribution in [0.1, 0.15) is 26.7 Å². The average Bonchev–Trinajstić information content (AvgIpc) is 3.06. The number of halogens is 2. The van der Waals surface area contributed by atoms with Crippen LogP contribution in [0.2, 0.25) is 0 Å². The zero-order chi connectivity index (χ0) is 31.9. The Balaban J connectivity index is 0.000000182. The molecule has 228 valence electrons. The molecule has 0 atom stereocenters. The van der Waals surface area contributed by atoms with E-state index in [0.29, 0.717) is 26.8 Å². The molecule has 9 heteroatoms. The van der Waals surface area contributed by atoms with Crippen molar-refractivity contribution in [2.45, 2.75) is 15.4 Å². The highest BCUT2D eigenvalue weighted by atomic mass is 32.2. The molecule has 0 aliphatic carbocycles. The van der Waals surface area contributed by atoms with Gasteiger partial charge in [-0.15, -0.1) is 0 Å². The number of carbonyl (C=O) groups is 1. The highest BCUT2D eigenvalue weighted by Crippen LogP contribution is 2.31. The number of thiol groups is 1. The third-order valence-corrected chi connectivity index (χ3v) is 9.31. The Hall–Kier alpha value is -4.57. The van der Waals surface area contributed by atoms with Crippen LogP contribution in [0.3, 0.4) is 0 Å². The first-order valence-corrected chi connectivity index (χ1v) is 16.3. The normalized spacial score (nSPS) is 11.6. The van der Waals surface area contributed by atoms with E-state index < -0.39 is 27.9 Å². The van der Waals surface area contributed by atoms with Gasteiger partial charge in [-0.25, -0.2) is 4.79 Å². The quantitative estimate of drug-likeness (QED) is 0.0594. The number of carbonyl (C=O) groups excluding carboxylic acids is 1. The van der Waals surface area contributed by atoms with Crippen molar-refractivity contribution in [3.8, 4) is 0 Å². The molecule has 0 bridgehead atoms. The molecule has 5 nitrogen and oxygen atoms in total. The maximum absolute atomic E-state index is 13.3. The van der Waals surface area contributed by atoms with Gasteiger partial charge >= 0.3 is 21.3 Å². The molecule has 45 heavy (non-hydrogen) atoms. The lowest BCUT2D eigenvalue weighted by atomic mass is 9.97. The van der Waals surface area contributed by atoms with E-state index in [1.807, 2.05) is 6.07 Å². The van der Waals surface area contributed by atoms with Crippen molar-refractivity contribution in [2.75, 3.05) is 6.61 Å². The fourth-order valence-electron chi connectivity index (χ4n) is 4.81. The molecule has 0 spiro atoms. The number of hydrogen-bond acceptors (Lipinski definition) is 4. The molecule has 0 heterocycles. The zero-order valence-corrected chi connectivity index (χ0v) is 25.5. The SMILES string of the molecule is O=C(OCC(F)(F)S(=O)(=O)O)c1c2ccccc2cc2ccccc12.c1ccc([SH+]C(c2ccccc2)c2ccccc2)cc1. The van der Waals surface area contributed by atoms with E-state index in [-0.39, 0.29) is 5.56 Å². The molecule has 0 saturated carbocycles. The van der Waals surface area contributed by atoms with Crippen molar-refractivity contribution < 1.29 is 31.3 Å². The summed E-state index contributed by atoms with van der Waals surface area (Å²) in [4.78, 5) is 13.8. The largest absolute Gasteiger partial charge is 0.454 e. The lowest BCUT2D eigenvalue weighted by molar-refractivity contribution is -0.00924. The fraction of sp³-hybridized carbons (Fsp3) is 0.0833. The van der Waals surface area contributed by atoms with Crippen molar-refractivity contribution >= 4 is 49.4 Å². The van der Waals surface area contributed by atoms with E-state index in [0.717, 1.165) is 0 Å². The lowest BCUT2D eigenvalue weighted by Gasteiger charge is -2.15. The number of hydrogen-bond donors (Lipinski definition) is 1. The van der Waals surface area contributed by atoms with Crippen LogP contribution in [0.15, 0.2) is 150 Å². The lowest BCUT2D eigenvalue weighted by Crippen LogP contribution is -2.34. The molecular formula is C36H29F2O5S2+. The second-order valence-electron chi connectivity index (χ2n) is 10.1. The van der Waals surface area contributed by atoms with Crippen LogP contribution in [0, 0.1) is 0 Å². The topological polar surface area (TPSA) is 80.7 Å². The second kappa shape index (κ2) is 14.0. The molecule has 0 aliphatic rings. The summed E-state index contributed by atoms with van der Waals surface area (Å²) >= 11 is 1.32. The summed E-state index contributed by atoms with van der Waals surface area (Å²) in [5.41, 5.74) is 2.79. The number of ether oxygens (including phenoxy) is 1. The van der Waals surface area contributed by atoms with Gasteiger partial charge in [0.25, 0.3) is 0 Å². The molecule has 0 unspecified atom stereocenters. The van der Waals surface area contributed by atoms with E-state index >= 15 is 0 Å². The maximum Gasteiger partial charge on any atom is 0.402 e. The monoisotopic (exact) mass is 643 g/mol. The molecule has 0 aliphatic heterocycles. The van der Waals surface area contributed by atoms with Crippen molar-refractivity contribution in [1.29, 1.82) is 0 Å². The van der Waals surface area contributed by atoms with Gasteiger partial charge in [0.2, 0.25) is 0 Å². The third kappa shape index (κ3) is 7.75. The number of benzene rings is 6. The maximum atomic E-state index is 13.3. The van der Waals surface area contributed by atoms with Crippen molar-refractivity contribution in [3.05, 3.63) is 162 Å². The molecule has 0 radical (unpaired) electrons. The Morgan fingerprint density at radius 3 is 1.58 bits per heavy atom. The van der Waals surface area contributed by atoms with Gasteiger partial charge in [0, 0.05) is 22.9 Å². The number of alkyl halides is 2. The molecule has 6 aromatic rings. The van der Waals surface area contributed by atoms with Gasteiger partial charge in [-0.3, -0.25) is 4.55 Å². The van der Waals surface area contributed by atoms with Crippen molar-refractivity contribution in [3.63, 3.8) is 0 Å². The minimum absolute atomic E-state index is 0.0554. The van der Waals surface area contributed by atoms with Gasteiger partial charge in [-0.1, -0.05) is 127 Å². The Morgan fingerprint density at radius 1 is 0.689 bits per heavy atom. The molecule has 0 fully saturated rings. The van der Waals surface area contributed by atoms with Gasteiger partial charge in [0.05, 0.1) is 5.56 Å². The number of fused-ring (bicyclic) bond motifs is 2. The van der Waals surface area contributed by atoms with Crippen LogP contribution >= 0.6 is 0 Å². The van der Waals surface area contributed by atoms with Gasteiger partial charge in [0.15, 0.2) is 16.8 Å². The highest BCUT2D eigenvalue weighted by molar-refractivity contribution is 7.86. The number of esters is 1. The van der Waals surface area contributed by atoms with Crippen LogP contribution in [0.5, 0.6) is 0 Å². The Labute approximate surface area is 264 Å². The molecule has 0 amide bonds. The molecule has 6 rings (SSSR count). The van der Waals surface area contributed by atoms with Gasteiger partial charge in [-0.2, -0.15) is 17.2 Å². The van der Waals surface area contributed by atoms with E-state index in [1.165, 1.54) is 27.8 Å². The molecule has 6 aromatic carbocycles. The first-order chi connectivity index (χ1) is 21.6. The van der Waals surface area contributed by atoms with E-state index in [2.05, 4.69) is 95.7 Å². The zero-order valence-electron chi connectivity index (χ0n) is 23.8. The average molecular weight is 644 g/mol. The third-order valence-electron chi connectivity index (χ3n) is 6.99. The van der Waals surface area contributed by atoms with Gasteiger partial charge in [0.1, 0.15) is 0 Å². The van der Waals surface area contributed by atoms with Crippen LogP contribution in [0.4, 0.5) is 8.78 Å². The van der Waals surface area contributed by atoms with Gasteiger partial charge in [-0.05, 0) is 39.7 Å². The first kappa shape index (κ1) is 31.8. The summed E-state index contributed by atoms with van der Waals surface area (Å²) in [6.45, 7) is -1.78. The first-order valence-electron chi connectivity index (χ1n) is 13.9.